The molecule has 0 unspecified atom stereocenters. The van der Waals surface area contributed by atoms with E-state index in [1.807, 2.05) is 36.3 Å². The van der Waals surface area contributed by atoms with E-state index >= 15 is 0 Å². The van der Waals surface area contributed by atoms with Crippen molar-refractivity contribution in [2.45, 2.75) is 25.8 Å². The van der Waals surface area contributed by atoms with Crippen molar-refractivity contribution in [3.63, 3.8) is 0 Å². The largest absolute Gasteiger partial charge is 0.313 e. The first-order valence-corrected chi connectivity index (χ1v) is 6.82. The van der Waals surface area contributed by atoms with E-state index in [1.54, 1.807) is 6.20 Å². The van der Waals surface area contributed by atoms with E-state index in [9.17, 15) is 0 Å². The Bertz CT molecular complexity index is 568. The molecule has 2 heterocycles. The molecule has 0 aromatic carbocycles. The topological polar surface area (TPSA) is 66.5 Å². The lowest BCUT2D eigenvalue weighted by Crippen LogP contribution is -2.14. The number of hydrogen-bond donors (Lipinski definition) is 1. The second-order valence-corrected chi connectivity index (χ2v) is 4.71. The maximum Gasteiger partial charge on any atom is 0.0983 e. The molecule has 104 valence electrons. The van der Waals surface area contributed by atoms with Gasteiger partial charge in [0, 0.05) is 49.7 Å². The van der Waals surface area contributed by atoms with Gasteiger partial charge in [0.25, 0.3) is 0 Å². The maximum absolute atomic E-state index is 8.48. The fraction of sp³-hybridized carbons (Fsp3) is 0.400. The van der Waals surface area contributed by atoms with Gasteiger partial charge >= 0.3 is 0 Å². The molecule has 5 heteroatoms. The number of hydrogen-bond acceptors (Lipinski definition) is 4. The van der Waals surface area contributed by atoms with E-state index in [1.165, 1.54) is 5.56 Å². The summed E-state index contributed by atoms with van der Waals surface area (Å²) in [5.41, 5.74) is 3.18. The van der Waals surface area contributed by atoms with Gasteiger partial charge in [0.15, 0.2) is 0 Å². The third-order valence-electron chi connectivity index (χ3n) is 3.05. The lowest BCUT2D eigenvalue weighted by Gasteiger charge is -2.04. The molecule has 0 aliphatic rings. The van der Waals surface area contributed by atoms with Gasteiger partial charge in [-0.1, -0.05) is 0 Å². The number of aryl methyl sites for hydroxylation is 1. The van der Waals surface area contributed by atoms with Gasteiger partial charge in [-0.05, 0) is 31.5 Å². The Labute approximate surface area is 119 Å². The summed E-state index contributed by atoms with van der Waals surface area (Å²) in [5, 5.41) is 16.4. The highest BCUT2D eigenvalue weighted by Crippen LogP contribution is 2.20. The standard InChI is InChI=1S/C15H19N5/c1-20-12-14(11-17-8-4-2-3-7-16)15(19-20)13-6-5-9-18-10-13/h5-6,9-10,12,17H,2-4,8,11H2,1H3. The van der Waals surface area contributed by atoms with Crippen LogP contribution in [0.5, 0.6) is 0 Å². The van der Waals surface area contributed by atoms with E-state index in [0.29, 0.717) is 6.42 Å². The second kappa shape index (κ2) is 7.41. The number of nitriles is 1. The van der Waals surface area contributed by atoms with Crippen LogP contribution in [0.1, 0.15) is 24.8 Å². The van der Waals surface area contributed by atoms with Crippen molar-refractivity contribution >= 4 is 0 Å². The van der Waals surface area contributed by atoms with Gasteiger partial charge in [0.1, 0.15) is 0 Å². The van der Waals surface area contributed by atoms with Crippen molar-refractivity contribution in [3.8, 4) is 17.3 Å². The van der Waals surface area contributed by atoms with Crippen molar-refractivity contribution in [3.05, 3.63) is 36.3 Å². The predicted molar refractivity (Wildman–Crippen MR) is 77.6 cm³/mol. The van der Waals surface area contributed by atoms with Crippen LogP contribution in [0.25, 0.3) is 11.3 Å². The molecule has 2 rings (SSSR count). The highest BCUT2D eigenvalue weighted by molar-refractivity contribution is 5.61. The Morgan fingerprint density at radius 2 is 2.30 bits per heavy atom. The summed E-state index contributed by atoms with van der Waals surface area (Å²) in [5.74, 6) is 0. The number of nitrogens with zero attached hydrogens (tertiary/aromatic N) is 4. The lowest BCUT2D eigenvalue weighted by atomic mass is 10.1. The molecule has 0 spiro atoms. The van der Waals surface area contributed by atoms with Gasteiger partial charge in [-0.25, -0.2) is 0 Å². The minimum absolute atomic E-state index is 0.634. The monoisotopic (exact) mass is 269 g/mol. The summed E-state index contributed by atoms with van der Waals surface area (Å²) in [6.07, 6.45) is 8.24. The Balaban J connectivity index is 1.94. The van der Waals surface area contributed by atoms with Crippen LogP contribution in [0, 0.1) is 11.3 Å². The van der Waals surface area contributed by atoms with Gasteiger partial charge < -0.3 is 5.32 Å². The van der Waals surface area contributed by atoms with Gasteiger partial charge in [0.05, 0.1) is 11.8 Å². The lowest BCUT2D eigenvalue weighted by molar-refractivity contribution is 0.628. The van der Waals surface area contributed by atoms with E-state index < -0.39 is 0 Å². The number of nitrogens with one attached hydrogen (secondary N) is 1. The Morgan fingerprint density at radius 1 is 1.40 bits per heavy atom. The summed E-state index contributed by atoms with van der Waals surface area (Å²) in [6, 6.07) is 6.10. The van der Waals surface area contributed by atoms with Crippen molar-refractivity contribution < 1.29 is 0 Å². The van der Waals surface area contributed by atoms with Crippen LogP contribution in [-0.4, -0.2) is 21.3 Å². The molecule has 0 atom stereocenters. The fourth-order valence-electron chi connectivity index (χ4n) is 2.09. The fourth-order valence-corrected chi connectivity index (χ4v) is 2.09. The molecule has 5 nitrogen and oxygen atoms in total. The minimum Gasteiger partial charge on any atom is -0.313 e. The summed E-state index contributed by atoms with van der Waals surface area (Å²) in [6.45, 7) is 1.70. The van der Waals surface area contributed by atoms with Crippen molar-refractivity contribution in [2.24, 2.45) is 7.05 Å². The van der Waals surface area contributed by atoms with Crippen LogP contribution in [0.15, 0.2) is 30.7 Å². The molecule has 2 aromatic heterocycles. The SMILES string of the molecule is Cn1cc(CNCCCCC#N)c(-c2cccnc2)n1. The molecule has 0 bridgehead atoms. The molecule has 0 saturated carbocycles. The average molecular weight is 269 g/mol. The normalized spacial score (nSPS) is 10.4. The summed E-state index contributed by atoms with van der Waals surface area (Å²) in [4.78, 5) is 4.14. The molecule has 20 heavy (non-hydrogen) atoms. The minimum atomic E-state index is 0.634. The zero-order valence-electron chi connectivity index (χ0n) is 11.7. The quantitative estimate of drug-likeness (QED) is 0.783. The highest BCUT2D eigenvalue weighted by atomic mass is 15.3. The van der Waals surface area contributed by atoms with Crippen LogP contribution in [0.4, 0.5) is 0 Å². The van der Waals surface area contributed by atoms with Crippen molar-refractivity contribution in [1.82, 2.24) is 20.1 Å². The number of pyridine rings is 1. The Kier molecular flexibility index (Phi) is 5.27. The van der Waals surface area contributed by atoms with Gasteiger partial charge in [-0.2, -0.15) is 10.4 Å². The van der Waals surface area contributed by atoms with Crippen LogP contribution >= 0.6 is 0 Å². The smallest absolute Gasteiger partial charge is 0.0983 e. The number of rotatable bonds is 7. The molecule has 0 aliphatic heterocycles. The van der Waals surface area contributed by atoms with Gasteiger partial charge in [-0.3, -0.25) is 9.67 Å². The maximum atomic E-state index is 8.48. The molecule has 0 radical (unpaired) electrons. The third kappa shape index (κ3) is 3.90. The third-order valence-corrected chi connectivity index (χ3v) is 3.05. The molecule has 0 saturated heterocycles. The van der Waals surface area contributed by atoms with Gasteiger partial charge in [0.2, 0.25) is 0 Å². The molecular formula is C15H19N5. The first-order valence-electron chi connectivity index (χ1n) is 6.82. The van der Waals surface area contributed by atoms with E-state index in [4.69, 9.17) is 5.26 Å². The zero-order chi connectivity index (χ0) is 14.2. The molecule has 0 amide bonds. The first-order chi connectivity index (χ1) is 9.81. The summed E-state index contributed by atoms with van der Waals surface area (Å²) in [7, 11) is 1.93. The average Bonchev–Trinajstić information content (AvgIpc) is 2.85. The number of aromatic nitrogens is 3. The second-order valence-electron chi connectivity index (χ2n) is 4.71. The van der Waals surface area contributed by atoms with Crippen LogP contribution in [0.3, 0.4) is 0 Å². The van der Waals surface area contributed by atoms with Gasteiger partial charge in [-0.15, -0.1) is 0 Å². The Morgan fingerprint density at radius 3 is 3.05 bits per heavy atom. The van der Waals surface area contributed by atoms with E-state index in [0.717, 1.165) is 37.2 Å². The van der Waals surface area contributed by atoms with Crippen LogP contribution < -0.4 is 5.32 Å². The predicted octanol–water partition coefficient (Wildman–Crippen LogP) is 2.27. The van der Waals surface area contributed by atoms with E-state index in [-0.39, 0.29) is 0 Å². The van der Waals surface area contributed by atoms with Crippen LogP contribution in [0.2, 0.25) is 0 Å². The highest BCUT2D eigenvalue weighted by Gasteiger charge is 2.09. The first kappa shape index (κ1) is 14.2. The molecule has 2 aromatic rings. The summed E-state index contributed by atoms with van der Waals surface area (Å²) < 4.78 is 1.83. The summed E-state index contributed by atoms with van der Waals surface area (Å²) >= 11 is 0. The van der Waals surface area contributed by atoms with Crippen LogP contribution in [-0.2, 0) is 13.6 Å². The molecular weight excluding hydrogens is 250 g/mol. The zero-order valence-corrected chi connectivity index (χ0v) is 11.7. The molecule has 1 N–H and O–H groups in total. The molecule has 0 fully saturated rings. The van der Waals surface area contributed by atoms with Crippen molar-refractivity contribution in [2.75, 3.05) is 6.54 Å². The van der Waals surface area contributed by atoms with Crippen molar-refractivity contribution in [1.29, 1.82) is 5.26 Å². The van der Waals surface area contributed by atoms with E-state index in [2.05, 4.69) is 21.5 Å². The Hall–Kier alpha value is -2.19. The number of unbranched alkanes of at least 4 members (excludes halogenated alkanes) is 2. The molecule has 0 aliphatic carbocycles.